The lowest BCUT2D eigenvalue weighted by Crippen LogP contribution is -2.49. The normalized spacial score (nSPS) is 19.4. The van der Waals surface area contributed by atoms with E-state index in [0.717, 1.165) is 11.3 Å². The maximum Gasteiger partial charge on any atom is 0.410 e. The lowest BCUT2D eigenvalue weighted by Gasteiger charge is -2.34. The van der Waals surface area contributed by atoms with Crippen LogP contribution >= 0.6 is 0 Å². The summed E-state index contributed by atoms with van der Waals surface area (Å²) in [7, 11) is 0. The molecule has 0 aliphatic carbocycles. The molecule has 2 aromatic heterocycles. The van der Waals surface area contributed by atoms with Crippen LogP contribution in [0.25, 0.3) is 5.65 Å². The van der Waals surface area contributed by atoms with Crippen molar-refractivity contribution in [2.45, 2.75) is 32.4 Å². The van der Waals surface area contributed by atoms with Crippen molar-refractivity contribution in [2.24, 2.45) is 0 Å². The van der Waals surface area contributed by atoms with Gasteiger partial charge in [-0.1, -0.05) is 0 Å². The molecule has 1 atom stereocenters. The average Bonchev–Trinajstić information content (AvgIpc) is 2.89. The molecule has 0 bridgehead atoms. The van der Waals surface area contributed by atoms with Crippen molar-refractivity contribution in [1.29, 1.82) is 0 Å². The molecule has 7 heteroatoms. The predicted octanol–water partition coefficient (Wildman–Crippen LogP) is 1.61. The third-order valence-electron chi connectivity index (χ3n) is 3.44. The molecule has 1 aliphatic heterocycles. The van der Waals surface area contributed by atoms with Crippen LogP contribution in [0.15, 0.2) is 24.5 Å². The largest absolute Gasteiger partial charge is 0.444 e. The van der Waals surface area contributed by atoms with Crippen LogP contribution < -0.4 is 5.32 Å². The Kier molecular flexibility index (Phi) is 3.74. The number of piperazine rings is 1. The molecule has 1 saturated heterocycles. The first-order chi connectivity index (χ1) is 10.4. The molecular weight excluding hydrogens is 282 g/mol. The standard InChI is InChI=1S/C15H21N5O2/c1-15(2,3)22-14(21)19-8-6-16-12(10-19)11-9-13-17-5-4-7-20(13)18-11/h4-5,7,9,12,16H,6,8,10H2,1-3H3. The lowest BCUT2D eigenvalue weighted by molar-refractivity contribution is 0.0193. The van der Waals surface area contributed by atoms with Crippen molar-refractivity contribution in [3.8, 4) is 0 Å². The van der Waals surface area contributed by atoms with Gasteiger partial charge in [-0.2, -0.15) is 5.10 Å². The van der Waals surface area contributed by atoms with Gasteiger partial charge >= 0.3 is 6.09 Å². The summed E-state index contributed by atoms with van der Waals surface area (Å²) >= 11 is 0. The van der Waals surface area contributed by atoms with Crippen molar-refractivity contribution in [2.75, 3.05) is 19.6 Å². The Balaban J connectivity index is 1.74. The van der Waals surface area contributed by atoms with Gasteiger partial charge in [0, 0.05) is 38.1 Å². The molecule has 0 saturated carbocycles. The van der Waals surface area contributed by atoms with E-state index < -0.39 is 5.60 Å². The van der Waals surface area contributed by atoms with Gasteiger partial charge in [-0.15, -0.1) is 0 Å². The quantitative estimate of drug-likeness (QED) is 0.866. The van der Waals surface area contributed by atoms with Crippen LogP contribution in [0.2, 0.25) is 0 Å². The molecule has 0 radical (unpaired) electrons. The van der Waals surface area contributed by atoms with E-state index in [1.165, 1.54) is 0 Å². The van der Waals surface area contributed by atoms with E-state index >= 15 is 0 Å². The number of amides is 1. The van der Waals surface area contributed by atoms with Gasteiger partial charge in [0.1, 0.15) is 5.60 Å². The van der Waals surface area contributed by atoms with E-state index in [0.29, 0.717) is 19.6 Å². The topological polar surface area (TPSA) is 71.8 Å². The molecule has 1 amide bonds. The van der Waals surface area contributed by atoms with Gasteiger partial charge < -0.3 is 15.0 Å². The van der Waals surface area contributed by atoms with E-state index in [2.05, 4.69) is 15.4 Å². The van der Waals surface area contributed by atoms with Crippen molar-refractivity contribution in [1.82, 2.24) is 24.8 Å². The summed E-state index contributed by atoms with van der Waals surface area (Å²) in [5.41, 5.74) is 1.20. The Morgan fingerprint density at radius 3 is 3.00 bits per heavy atom. The van der Waals surface area contributed by atoms with E-state index in [-0.39, 0.29) is 12.1 Å². The fourth-order valence-electron chi connectivity index (χ4n) is 2.46. The second kappa shape index (κ2) is 5.57. The SMILES string of the molecule is CC(C)(C)OC(=O)N1CCNC(c2cc3ncccn3n2)C1. The van der Waals surface area contributed by atoms with Crippen molar-refractivity contribution in [3.63, 3.8) is 0 Å². The number of ether oxygens (including phenoxy) is 1. The van der Waals surface area contributed by atoms with Crippen LogP contribution in [0.5, 0.6) is 0 Å². The first-order valence-corrected chi connectivity index (χ1v) is 7.44. The summed E-state index contributed by atoms with van der Waals surface area (Å²) < 4.78 is 7.18. The number of hydrogen-bond acceptors (Lipinski definition) is 5. The maximum absolute atomic E-state index is 12.2. The molecule has 22 heavy (non-hydrogen) atoms. The van der Waals surface area contributed by atoms with Crippen LogP contribution in [0.3, 0.4) is 0 Å². The Morgan fingerprint density at radius 2 is 2.27 bits per heavy atom. The molecule has 1 fully saturated rings. The zero-order chi connectivity index (χ0) is 15.7. The van der Waals surface area contributed by atoms with Crippen molar-refractivity contribution < 1.29 is 9.53 Å². The number of aromatic nitrogens is 3. The number of hydrogen-bond donors (Lipinski definition) is 1. The molecule has 2 aromatic rings. The van der Waals surface area contributed by atoms with Crippen LogP contribution in [-0.2, 0) is 4.74 Å². The molecule has 7 nitrogen and oxygen atoms in total. The second-order valence-electron chi connectivity index (χ2n) is 6.42. The van der Waals surface area contributed by atoms with Gasteiger partial charge in [0.25, 0.3) is 0 Å². The molecule has 1 aliphatic rings. The average molecular weight is 303 g/mol. The molecule has 118 valence electrons. The van der Waals surface area contributed by atoms with E-state index in [1.807, 2.05) is 39.1 Å². The zero-order valence-corrected chi connectivity index (χ0v) is 13.1. The van der Waals surface area contributed by atoms with E-state index in [9.17, 15) is 4.79 Å². The van der Waals surface area contributed by atoms with E-state index in [1.54, 1.807) is 15.6 Å². The highest BCUT2D eigenvalue weighted by molar-refractivity contribution is 5.68. The Morgan fingerprint density at radius 1 is 1.45 bits per heavy atom. The minimum absolute atomic E-state index is 0.0111. The minimum Gasteiger partial charge on any atom is -0.444 e. The molecule has 3 rings (SSSR count). The molecule has 0 spiro atoms. The molecule has 1 unspecified atom stereocenters. The number of fused-ring (bicyclic) bond motifs is 1. The van der Waals surface area contributed by atoms with Gasteiger partial charge in [0.15, 0.2) is 5.65 Å². The summed E-state index contributed by atoms with van der Waals surface area (Å²) in [5, 5.41) is 7.91. The minimum atomic E-state index is -0.482. The van der Waals surface area contributed by atoms with Gasteiger partial charge in [-0.25, -0.2) is 14.3 Å². The summed E-state index contributed by atoms with van der Waals surface area (Å²) in [6, 6.07) is 3.77. The van der Waals surface area contributed by atoms with Gasteiger partial charge in [0.05, 0.1) is 11.7 Å². The Hall–Kier alpha value is -2.15. The van der Waals surface area contributed by atoms with Gasteiger partial charge in [-0.05, 0) is 26.8 Å². The van der Waals surface area contributed by atoms with Crippen LogP contribution in [-0.4, -0.2) is 50.8 Å². The van der Waals surface area contributed by atoms with Crippen LogP contribution in [0, 0.1) is 0 Å². The summed E-state index contributed by atoms with van der Waals surface area (Å²) in [6.45, 7) is 7.51. The maximum atomic E-state index is 12.2. The monoisotopic (exact) mass is 303 g/mol. The molecule has 1 N–H and O–H groups in total. The first-order valence-electron chi connectivity index (χ1n) is 7.44. The number of carbonyl (C=O) groups is 1. The van der Waals surface area contributed by atoms with Crippen LogP contribution in [0.4, 0.5) is 4.79 Å². The third-order valence-corrected chi connectivity index (χ3v) is 3.44. The highest BCUT2D eigenvalue weighted by Gasteiger charge is 2.29. The van der Waals surface area contributed by atoms with Crippen LogP contribution in [0.1, 0.15) is 32.5 Å². The number of nitrogens with one attached hydrogen (secondary N) is 1. The number of nitrogens with zero attached hydrogens (tertiary/aromatic N) is 4. The zero-order valence-electron chi connectivity index (χ0n) is 13.1. The van der Waals surface area contributed by atoms with Gasteiger partial charge in [0.2, 0.25) is 0 Å². The fraction of sp³-hybridized carbons (Fsp3) is 0.533. The highest BCUT2D eigenvalue weighted by Crippen LogP contribution is 2.19. The first kappa shape index (κ1) is 14.8. The fourth-order valence-corrected chi connectivity index (χ4v) is 2.46. The number of rotatable bonds is 1. The smallest absolute Gasteiger partial charge is 0.410 e. The lowest BCUT2D eigenvalue weighted by atomic mass is 10.1. The molecular formula is C15H21N5O2. The summed E-state index contributed by atoms with van der Waals surface area (Å²) in [5.74, 6) is 0. The van der Waals surface area contributed by atoms with Gasteiger partial charge in [-0.3, -0.25) is 0 Å². The Labute approximate surface area is 129 Å². The predicted molar refractivity (Wildman–Crippen MR) is 81.5 cm³/mol. The number of carbonyl (C=O) groups excluding carboxylic acids is 1. The molecule has 3 heterocycles. The Bertz CT molecular complexity index is 643. The van der Waals surface area contributed by atoms with Crippen molar-refractivity contribution >= 4 is 11.7 Å². The van der Waals surface area contributed by atoms with E-state index in [4.69, 9.17) is 4.74 Å². The highest BCUT2D eigenvalue weighted by atomic mass is 16.6. The second-order valence-corrected chi connectivity index (χ2v) is 6.42. The van der Waals surface area contributed by atoms with Crippen molar-refractivity contribution in [3.05, 3.63) is 30.2 Å². The summed E-state index contributed by atoms with van der Waals surface area (Å²) in [4.78, 5) is 18.2. The molecule has 0 aromatic carbocycles. The third kappa shape index (κ3) is 3.19. The summed E-state index contributed by atoms with van der Waals surface area (Å²) in [6.07, 6.45) is 3.32.